The molecule has 0 aromatic heterocycles. The molecule has 2 rings (SSSR count). The van der Waals surface area contributed by atoms with Gasteiger partial charge >= 0.3 is 0 Å². The number of nitrogens with zero attached hydrogens (tertiary/aromatic N) is 1. The molecule has 7 heteroatoms. The van der Waals surface area contributed by atoms with E-state index >= 15 is 0 Å². The van der Waals surface area contributed by atoms with E-state index in [9.17, 15) is 14.7 Å². The molecule has 0 atom stereocenters. The van der Waals surface area contributed by atoms with Crippen molar-refractivity contribution in [2.75, 3.05) is 13.7 Å². The van der Waals surface area contributed by atoms with Crippen molar-refractivity contribution in [1.29, 1.82) is 0 Å². The molecule has 1 amide bonds. The normalized spacial score (nSPS) is 16.0. The predicted octanol–water partition coefficient (Wildman–Crippen LogP) is 2.21. The third-order valence-corrected chi connectivity index (χ3v) is 4.91. The SMILES string of the molecule is COc1cccc(C=C2SC(=S)N(CCCCCC(=O)[O-])C2=O)c1. The summed E-state index contributed by atoms with van der Waals surface area (Å²) >= 11 is 6.56. The summed E-state index contributed by atoms with van der Waals surface area (Å²) in [6, 6.07) is 7.46. The molecule has 1 saturated heterocycles. The molecule has 0 N–H and O–H groups in total. The first kappa shape index (κ1) is 18.5. The van der Waals surface area contributed by atoms with Gasteiger partial charge < -0.3 is 14.6 Å². The first-order valence-electron chi connectivity index (χ1n) is 7.60. The van der Waals surface area contributed by atoms with E-state index in [-0.39, 0.29) is 12.3 Å². The minimum absolute atomic E-state index is 0.0497. The van der Waals surface area contributed by atoms with Gasteiger partial charge in [-0.2, -0.15) is 0 Å². The van der Waals surface area contributed by atoms with E-state index < -0.39 is 5.97 Å². The van der Waals surface area contributed by atoms with Gasteiger partial charge in [-0.25, -0.2) is 0 Å². The fraction of sp³-hybridized carbons (Fsp3) is 0.353. The number of rotatable bonds is 8. The van der Waals surface area contributed by atoms with Gasteiger partial charge in [0, 0.05) is 12.5 Å². The summed E-state index contributed by atoms with van der Waals surface area (Å²) in [6.07, 6.45) is 3.84. The van der Waals surface area contributed by atoms with Crippen LogP contribution in [-0.4, -0.2) is 34.8 Å². The molecule has 1 aromatic carbocycles. The summed E-state index contributed by atoms with van der Waals surface area (Å²) in [5, 5.41) is 10.4. The van der Waals surface area contributed by atoms with Crippen molar-refractivity contribution in [2.45, 2.75) is 25.7 Å². The zero-order chi connectivity index (χ0) is 17.5. The van der Waals surface area contributed by atoms with Gasteiger partial charge in [0.2, 0.25) is 0 Å². The lowest BCUT2D eigenvalue weighted by Crippen LogP contribution is -2.29. The number of unbranched alkanes of at least 4 members (excludes halogenated alkanes) is 2. The number of thiocarbonyl (C=S) groups is 1. The number of methoxy groups -OCH3 is 1. The molecule has 1 fully saturated rings. The van der Waals surface area contributed by atoms with Crippen LogP contribution in [0.1, 0.15) is 31.2 Å². The van der Waals surface area contributed by atoms with E-state index in [0.29, 0.717) is 28.6 Å². The first-order chi connectivity index (χ1) is 11.5. The van der Waals surface area contributed by atoms with Gasteiger partial charge in [0.1, 0.15) is 10.1 Å². The van der Waals surface area contributed by atoms with Gasteiger partial charge in [0.05, 0.1) is 12.0 Å². The number of carboxylic acid groups (broad SMARTS) is 1. The third kappa shape index (κ3) is 5.07. The Morgan fingerprint density at radius 1 is 1.38 bits per heavy atom. The van der Waals surface area contributed by atoms with Crippen LogP contribution in [0.15, 0.2) is 29.2 Å². The highest BCUT2D eigenvalue weighted by molar-refractivity contribution is 8.26. The molecule has 5 nitrogen and oxygen atoms in total. The highest BCUT2D eigenvalue weighted by atomic mass is 32.2. The second-order valence-electron chi connectivity index (χ2n) is 5.29. The molecule has 0 bridgehead atoms. The Hall–Kier alpha value is -1.86. The van der Waals surface area contributed by atoms with Crippen molar-refractivity contribution >= 4 is 46.3 Å². The van der Waals surface area contributed by atoms with Gasteiger partial charge in [0.15, 0.2) is 0 Å². The molecule has 0 saturated carbocycles. The zero-order valence-corrected chi connectivity index (χ0v) is 15.0. The van der Waals surface area contributed by atoms with E-state index in [4.69, 9.17) is 17.0 Å². The van der Waals surface area contributed by atoms with Crippen molar-refractivity contribution in [2.24, 2.45) is 0 Å². The van der Waals surface area contributed by atoms with Crippen LogP contribution < -0.4 is 9.84 Å². The lowest BCUT2D eigenvalue weighted by Gasteiger charge is -2.14. The van der Waals surface area contributed by atoms with Gasteiger partial charge in [-0.1, -0.05) is 42.5 Å². The van der Waals surface area contributed by atoms with Crippen LogP contribution in [0.2, 0.25) is 0 Å². The van der Waals surface area contributed by atoms with Gasteiger partial charge in [0.25, 0.3) is 5.91 Å². The summed E-state index contributed by atoms with van der Waals surface area (Å²) in [4.78, 5) is 25.0. The Labute approximate surface area is 150 Å². The van der Waals surface area contributed by atoms with Crippen LogP contribution in [0.25, 0.3) is 6.08 Å². The fourth-order valence-corrected chi connectivity index (χ4v) is 3.60. The van der Waals surface area contributed by atoms with E-state index in [1.807, 2.05) is 24.3 Å². The van der Waals surface area contributed by atoms with Crippen LogP contribution in [0.3, 0.4) is 0 Å². The van der Waals surface area contributed by atoms with Gasteiger partial charge in [-0.15, -0.1) is 0 Å². The number of hydrogen-bond acceptors (Lipinski definition) is 6. The molecular formula is C17H18NO4S2-. The molecule has 1 heterocycles. The number of carboxylic acids is 1. The molecule has 0 unspecified atom stereocenters. The number of carbonyl (C=O) groups excluding carboxylic acids is 2. The van der Waals surface area contributed by atoms with E-state index in [2.05, 4.69) is 0 Å². The number of aliphatic carboxylic acids is 1. The van der Waals surface area contributed by atoms with Crippen molar-refractivity contribution in [3.05, 3.63) is 34.7 Å². The predicted molar refractivity (Wildman–Crippen MR) is 96.3 cm³/mol. The average molecular weight is 364 g/mol. The molecule has 1 aliphatic heterocycles. The minimum atomic E-state index is -1.04. The largest absolute Gasteiger partial charge is 0.550 e. The number of carbonyl (C=O) groups is 2. The Morgan fingerprint density at radius 2 is 2.17 bits per heavy atom. The molecule has 1 aromatic rings. The molecule has 1 aliphatic rings. The van der Waals surface area contributed by atoms with Crippen LogP contribution >= 0.6 is 24.0 Å². The highest BCUT2D eigenvalue weighted by Gasteiger charge is 2.31. The minimum Gasteiger partial charge on any atom is -0.550 e. The molecule has 0 radical (unpaired) electrons. The van der Waals surface area contributed by atoms with E-state index in [0.717, 1.165) is 17.7 Å². The zero-order valence-electron chi connectivity index (χ0n) is 13.3. The molecule has 0 spiro atoms. The summed E-state index contributed by atoms with van der Waals surface area (Å²) in [7, 11) is 1.60. The summed E-state index contributed by atoms with van der Waals surface area (Å²) in [5.41, 5.74) is 0.879. The monoisotopic (exact) mass is 364 g/mol. The summed E-state index contributed by atoms with van der Waals surface area (Å²) in [5.74, 6) is -0.415. The van der Waals surface area contributed by atoms with Crippen LogP contribution in [0, 0.1) is 0 Å². The lowest BCUT2D eigenvalue weighted by molar-refractivity contribution is -0.305. The Kier molecular flexibility index (Phi) is 6.81. The topological polar surface area (TPSA) is 69.7 Å². The summed E-state index contributed by atoms with van der Waals surface area (Å²) in [6.45, 7) is 0.507. The number of amides is 1. The van der Waals surface area contributed by atoms with Crippen molar-refractivity contribution in [1.82, 2.24) is 4.90 Å². The Bertz CT molecular complexity index is 672. The number of ether oxygens (including phenoxy) is 1. The molecule has 128 valence electrons. The van der Waals surface area contributed by atoms with Crippen molar-refractivity contribution < 1.29 is 19.4 Å². The highest BCUT2D eigenvalue weighted by Crippen LogP contribution is 2.33. The lowest BCUT2D eigenvalue weighted by atomic mass is 10.2. The van der Waals surface area contributed by atoms with Crippen molar-refractivity contribution in [3.8, 4) is 5.75 Å². The number of benzene rings is 1. The van der Waals surface area contributed by atoms with Crippen LogP contribution in [-0.2, 0) is 9.59 Å². The molecular weight excluding hydrogens is 346 g/mol. The fourth-order valence-electron chi connectivity index (χ4n) is 2.29. The summed E-state index contributed by atoms with van der Waals surface area (Å²) < 4.78 is 5.71. The van der Waals surface area contributed by atoms with E-state index in [1.165, 1.54) is 11.8 Å². The third-order valence-electron chi connectivity index (χ3n) is 3.53. The Morgan fingerprint density at radius 3 is 2.88 bits per heavy atom. The smallest absolute Gasteiger partial charge is 0.266 e. The quantitative estimate of drug-likeness (QED) is 0.400. The second kappa shape index (κ2) is 8.84. The number of thioether (sulfide) groups is 1. The Balaban J connectivity index is 1.95. The standard InChI is InChI=1S/C17H19NO4S2/c1-22-13-7-5-6-12(10-13)11-14-16(21)18(17(23)24-14)9-4-2-3-8-15(19)20/h5-7,10-11H,2-4,8-9H2,1H3,(H,19,20)/p-1. The van der Waals surface area contributed by atoms with Crippen LogP contribution in [0.4, 0.5) is 0 Å². The van der Waals surface area contributed by atoms with Gasteiger partial charge in [-0.05, 0) is 43.0 Å². The number of hydrogen-bond donors (Lipinski definition) is 0. The average Bonchev–Trinajstić information content (AvgIpc) is 2.81. The molecule has 0 aliphatic carbocycles. The molecule has 24 heavy (non-hydrogen) atoms. The maximum Gasteiger partial charge on any atom is 0.266 e. The maximum absolute atomic E-state index is 12.5. The van der Waals surface area contributed by atoms with Crippen molar-refractivity contribution in [3.63, 3.8) is 0 Å². The maximum atomic E-state index is 12.5. The first-order valence-corrected chi connectivity index (χ1v) is 8.83. The second-order valence-corrected chi connectivity index (χ2v) is 6.97. The van der Waals surface area contributed by atoms with E-state index in [1.54, 1.807) is 18.1 Å². The van der Waals surface area contributed by atoms with Crippen LogP contribution in [0.5, 0.6) is 5.75 Å². The van der Waals surface area contributed by atoms with Gasteiger partial charge in [-0.3, -0.25) is 9.69 Å².